The van der Waals surface area contributed by atoms with Crippen LogP contribution in [-0.4, -0.2) is 43.2 Å². The molecule has 1 N–H and O–H groups in total. The molecule has 0 heterocycles. The van der Waals surface area contributed by atoms with Gasteiger partial charge in [-0.05, 0) is 6.92 Å². The number of carbonyl (C=O) groups is 1. The number of halogens is 3. The van der Waals surface area contributed by atoms with Crippen LogP contribution in [0.3, 0.4) is 0 Å². The molecule has 0 amide bonds. The molecule has 0 aromatic heterocycles. The lowest BCUT2D eigenvalue weighted by Crippen LogP contribution is -2.31. The number of hydrogen-bond donors (Lipinski definition) is 1. The van der Waals surface area contributed by atoms with Gasteiger partial charge < -0.3 is 14.6 Å². The van der Waals surface area contributed by atoms with Crippen molar-refractivity contribution >= 4 is 5.97 Å². The zero-order chi connectivity index (χ0) is 11.9. The molecule has 1 unspecified atom stereocenters. The fraction of sp³-hybridized carbons (Fsp3) is 0.875. The Balaban J connectivity index is 3.65. The standard InChI is InChI=1S/C8H13F3O4/c1-2-14-3-4-15-7(13)5-6(12)8(9,10)11/h6,12H,2-5H2,1H3. The van der Waals surface area contributed by atoms with Crippen LogP contribution >= 0.6 is 0 Å². The van der Waals surface area contributed by atoms with Crippen LogP contribution in [0.15, 0.2) is 0 Å². The summed E-state index contributed by atoms with van der Waals surface area (Å²) < 4.78 is 44.5. The summed E-state index contributed by atoms with van der Waals surface area (Å²) in [5, 5.41) is 8.50. The van der Waals surface area contributed by atoms with Gasteiger partial charge in [0.2, 0.25) is 0 Å². The Labute approximate surface area is 85.0 Å². The topological polar surface area (TPSA) is 55.8 Å². The van der Waals surface area contributed by atoms with Gasteiger partial charge in [-0.3, -0.25) is 4.79 Å². The first kappa shape index (κ1) is 14.2. The average molecular weight is 230 g/mol. The number of aliphatic hydroxyl groups excluding tert-OH is 1. The Morgan fingerprint density at radius 1 is 1.40 bits per heavy atom. The Bertz CT molecular complexity index is 193. The molecule has 0 aliphatic rings. The highest BCUT2D eigenvalue weighted by Crippen LogP contribution is 2.22. The van der Waals surface area contributed by atoms with Crippen molar-refractivity contribution in [1.82, 2.24) is 0 Å². The van der Waals surface area contributed by atoms with Gasteiger partial charge in [0.05, 0.1) is 13.0 Å². The molecule has 0 saturated heterocycles. The van der Waals surface area contributed by atoms with E-state index < -0.39 is 24.7 Å². The molecule has 90 valence electrons. The van der Waals surface area contributed by atoms with E-state index in [0.29, 0.717) is 6.61 Å². The second-order valence-electron chi connectivity index (χ2n) is 2.68. The maximum Gasteiger partial charge on any atom is 0.414 e. The number of aliphatic hydroxyl groups is 1. The third kappa shape index (κ3) is 7.15. The van der Waals surface area contributed by atoms with Gasteiger partial charge in [0.1, 0.15) is 6.61 Å². The summed E-state index contributed by atoms with van der Waals surface area (Å²) in [5.41, 5.74) is 0. The lowest BCUT2D eigenvalue weighted by molar-refractivity contribution is -0.209. The van der Waals surface area contributed by atoms with E-state index in [4.69, 9.17) is 9.84 Å². The highest BCUT2D eigenvalue weighted by atomic mass is 19.4. The molecular weight excluding hydrogens is 217 g/mol. The van der Waals surface area contributed by atoms with E-state index in [2.05, 4.69) is 4.74 Å². The van der Waals surface area contributed by atoms with Gasteiger partial charge in [-0.25, -0.2) is 0 Å². The van der Waals surface area contributed by atoms with E-state index >= 15 is 0 Å². The number of ether oxygens (including phenoxy) is 2. The summed E-state index contributed by atoms with van der Waals surface area (Å²) in [6.07, 6.45) is -8.55. The highest BCUT2D eigenvalue weighted by Gasteiger charge is 2.39. The Morgan fingerprint density at radius 2 is 2.00 bits per heavy atom. The van der Waals surface area contributed by atoms with Crippen LogP contribution in [0, 0.1) is 0 Å². The van der Waals surface area contributed by atoms with Crippen molar-refractivity contribution in [2.45, 2.75) is 25.6 Å². The lowest BCUT2D eigenvalue weighted by Gasteiger charge is -2.13. The summed E-state index contributed by atoms with van der Waals surface area (Å²) in [6.45, 7) is 2.18. The molecule has 0 saturated carbocycles. The van der Waals surface area contributed by atoms with Crippen LogP contribution in [-0.2, 0) is 14.3 Å². The van der Waals surface area contributed by atoms with Gasteiger partial charge in [-0.1, -0.05) is 0 Å². The van der Waals surface area contributed by atoms with Crippen LogP contribution in [0.4, 0.5) is 13.2 Å². The number of hydrogen-bond acceptors (Lipinski definition) is 4. The van der Waals surface area contributed by atoms with Gasteiger partial charge in [0.25, 0.3) is 0 Å². The summed E-state index contributed by atoms with van der Waals surface area (Å²) in [6, 6.07) is 0. The summed E-state index contributed by atoms with van der Waals surface area (Å²) in [5.74, 6) is -1.10. The Kier molecular flexibility index (Phi) is 6.26. The van der Waals surface area contributed by atoms with Crippen LogP contribution in [0.5, 0.6) is 0 Å². The number of carbonyl (C=O) groups excluding carboxylic acids is 1. The number of esters is 1. The second-order valence-corrected chi connectivity index (χ2v) is 2.68. The molecule has 0 aromatic rings. The maximum absolute atomic E-state index is 11.8. The van der Waals surface area contributed by atoms with E-state index in [9.17, 15) is 18.0 Å². The van der Waals surface area contributed by atoms with E-state index in [-0.39, 0.29) is 13.2 Å². The normalized spacial score (nSPS) is 13.7. The molecule has 0 bridgehead atoms. The Morgan fingerprint density at radius 3 is 2.47 bits per heavy atom. The van der Waals surface area contributed by atoms with Crippen LogP contribution < -0.4 is 0 Å². The first-order chi connectivity index (χ1) is 6.88. The first-order valence-corrected chi connectivity index (χ1v) is 4.36. The van der Waals surface area contributed by atoms with E-state index in [1.807, 2.05) is 0 Å². The van der Waals surface area contributed by atoms with Crippen LogP contribution in [0.1, 0.15) is 13.3 Å². The predicted octanol–water partition coefficient (Wildman–Crippen LogP) is 0.879. The highest BCUT2D eigenvalue weighted by molar-refractivity contribution is 5.70. The summed E-state index contributed by atoms with van der Waals surface area (Å²) >= 11 is 0. The molecule has 0 aliphatic heterocycles. The molecular formula is C8H13F3O4. The zero-order valence-corrected chi connectivity index (χ0v) is 8.21. The minimum absolute atomic E-state index is 0.114. The number of alkyl halides is 3. The fourth-order valence-electron chi connectivity index (χ4n) is 0.691. The van der Waals surface area contributed by atoms with Gasteiger partial charge in [-0.15, -0.1) is 0 Å². The molecule has 0 radical (unpaired) electrons. The van der Waals surface area contributed by atoms with Crippen molar-refractivity contribution in [3.8, 4) is 0 Å². The molecule has 15 heavy (non-hydrogen) atoms. The van der Waals surface area contributed by atoms with Crippen molar-refractivity contribution < 1.29 is 32.5 Å². The largest absolute Gasteiger partial charge is 0.463 e. The quantitative estimate of drug-likeness (QED) is 0.543. The molecule has 0 aromatic carbocycles. The smallest absolute Gasteiger partial charge is 0.414 e. The zero-order valence-electron chi connectivity index (χ0n) is 8.21. The van der Waals surface area contributed by atoms with Gasteiger partial charge in [-0.2, -0.15) is 13.2 Å². The minimum Gasteiger partial charge on any atom is -0.463 e. The third-order valence-electron chi connectivity index (χ3n) is 1.43. The van der Waals surface area contributed by atoms with E-state index in [1.165, 1.54) is 0 Å². The van der Waals surface area contributed by atoms with Crippen molar-refractivity contribution in [3.05, 3.63) is 0 Å². The van der Waals surface area contributed by atoms with Crippen molar-refractivity contribution in [2.75, 3.05) is 19.8 Å². The van der Waals surface area contributed by atoms with Gasteiger partial charge >= 0.3 is 12.1 Å². The molecule has 0 fully saturated rings. The van der Waals surface area contributed by atoms with E-state index in [1.54, 1.807) is 6.92 Å². The molecule has 1 atom stereocenters. The maximum atomic E-state index is 11.8. The monoisotopic (exact) mass is 230 g/mol. The minimum atomic E-state index is -4.79. The van der Waals surface area contributed by atoms with Crippen LogP contribution in [0.2, 0.25) is 0 Å². The summed E-state index contributed by atoms with van der Waals surface area (Å²) in [7, 11) is 0. The second kappa shape index (κ2) is 6.62. The average Bonchev–Trinajstić information content (AvgIpc) is 2.11. The van der Waals surface area contributed by atoms with Gasteiger partial charge in [0.15, 0.2) is 6.10 Å². The van der Waals surface area contributed by atoms with Crippen molar-refractivity contribution in [2.24, 2.45) is 0 Å². The lowest BCUT2D eigenvalue weighted by atomic mass is 10.2. The first-order valence-electron chi connectivity index (χ1n) is 4.36. The SMILES string of the molecule is CCOCCOC(=O)CC(O)C(F)(F)F. The molecule has 0 aliphatic carbocycles. The molecule has 0 spiro atoms. The predicted molar refractivity (Wildman–Crippen MR) is 44.1 cm³/mol. The molecule has 4 nitrogen and oxygen atoms in total. The number of rotatable bonds is 6. The Hall–Kier alpha value is -0.820. The van der Waals surface area contributed by atoms with Gasteiger partial charge in [0, 0.05) is 6.61 Å². The van der Waals surface area contributed by atoms with Crippen LogP contribution in [0.25, 0.3) is 0 Å². The molecule has 0 rings (SSSR count). The molecule has 7 heteroatoms. The summed E-state index contributed by atoms with van der Waals surface area (Å²) in [4.78, 5) is 10.7. The third-order valence-corrected chi connectivity index (χ3v) is 1.43. The van der Waals surface area contributed by atoms with Crippen molar-refractivity contribution in [1.29, 1.82) is 0 Å². The van der Waals surface area contributed by atoms with Crippen molar-refractivity contribution in [3.63, 3.8) is 0 Å². The fourth-order valence-corrected chi connectivity index (χ4v) is 0.691. The van der Waals surface area contributed by atoms with E-state index in [0.717, 1.165) is 0 Å².